The van der Waals surface area contributed by atoms with Gasteiger partial charge in [-0.3, -0.25) is 4.79 Å². The molecule has 0 aliphatic carbocycles. The summed E-state index contributed by atoms with van der Waals surface area (Å²) < 4.78 is 20.7. The molecule has 1 aromatic carbocycles. The second-order valence-corrected chi connectivity index (χ2v) is 5.87. The standard InChI is InChI=1S/C17H21FN4O2/c1-13(24-15-5-3-4-14(18)12-15)16(23)21-8-10-22(11-9-21)17-19-6-7-20(17)2/h3-7,12-13H,8-11H2,1-2H3/t13-/m1/s1. The summed E-state index contributed by atoms with van der Waals surface area (Å²) in [5, 5.41) is 0. The molecule has 0 radical (unpaired) electrons. The molecule has 1 aliphatic rings. The quantitative estimate of drug-likeness (QED) is 0.855. The molecule has 1 amide bonds. The minimum absolute atomic E-state index is 0.0845. The van der Waals surface area contributed by atoms with Crippen LogP contribution in [0, 0.1) is 5.82 Å². The minimum atomic E-state index is -0.647. The van der Waals surface area contributed by atoms with E-state index in [1.54, 1.807) is 30.2 Å². The van der Waals surface area contributed by atoms with Crippen molar-refractivity contribution in [3.63, 3.8) is 0 Å². The summed E-state index contributed by atoms with van der Waals surface area (Å²) in [6.45, 7) is 4.37. The van der Waals surface area contributed by atoms with Crippen molar-refractivity contribution in [1.82, 2.24) is 14.5 Å². The number of halogens is 1. The van der Waals surface area contributed by atoms with Crippen molar-refractivity contribution in [3.8, 4) is 5.75 Å². The fourth-order valence-corrected chi connectivity index (χ4v) is 2.84. The largest absolute Gasteiger partial charge is 0.481 e. The Morgan fingerprint density at radius 1 is 1.29 bits per heavy atom. The lowest BCUT2D eigenvalue weighted by Crippen LogP contribution is -2.52. The molecule has 0 spiro atoms. The number of anilines is 1. The lowest BCUT2D eigenvalue weighted by atomic mass is 10.2. The number of ether oxygens (including phenoxy) is 1. The van der Waals surface area contributed by atoms with Gasteiger partial charge < -0.3 is 19.1 Å². The number of carbonyl (C=O) groups excluding carboxylic acids is 1. The predicted molar refractivity (Wildman–Crippen MR) is 88.5 cm³/mol. The summed E-state index contributed by atoms with van der Waals surface area (Å²) in [7, 11) is 1.95. The molecule has 7 heteroatoms. The second-order valence-electron chi connectivity index (χ2n) is 5.87. The molecule has 1 aromatic heterocycles. The SMILES string of the molecule is C[C@@H](Oc1cccc(F)c1)C(=O)N1CCN(c2nccn2C)CC1. The molecule has 128 valence electrons. The first-order chi connectivity index (χ1) is 11.5. The maximum atomic E-state index is 13.2. The fraction of sp³-hybridized carbons (Fsp3) is 0.412. The van der Waals surface area contributed by atoms with Crippen molar-refractivity contribution >= 4 is 11.9 Å². The number of hydrogen-bond acceptors (Lipinski definition) is 4. The molecule has 24 heavy (non-hydrogen) atoms. The van der Waals surface area contributed by atoms with Crippen LogP contribution >= 0.6 is 0 Å². The second kappa shape index (κ2) is 6.90. The number of rotatable bonds is 4. The summed E-state index contributed by atoms with van der Waals surface area (Å²) in [5.41, 5.74) is 0. The van der Waals surface area contributed by atoms with Gasteiger partial charge in [0.1, 0.15) is 11.6 Å². The maximum Gasteiger partial charge on any atom is 0.263 e. The van der Waals surface area contributed by atoms with E-state index in [-0.39, 0.29) is 11.7 Å². The molecular formula is C17H21FN4O2. The summed E-state index contributed by atoms with van der Waals surface area (Å²) >= 11 is 0. The third-order valence-corrected chi connectivity index (χ3v) is 4.13. The summed E-state index contributed by atoms with van der Waals surface area (Å²) in [6, 6.07) is 5.83. The van der Waals surface area contributed by atoms with Crippen molar-refractivity contribution in [2.75, 3.05) is 31.1 Å². The highest BCUT2D eigenvalue weighted by molar-refractivity contribution is 5.81. The van der Waals surface area contributed by atoms with Gasteiger partial charge in [-0.15, -0.1) is 0 Å². The van der Waals surface area contributed by atoms with E-state index in [9.17, 15) is 9.18 Å². The van der Waals surface area contributed by atoms with E-state index in [4.69, 9.17) is 4.74 Å². The maximum absolute atomic E-state index is 13.2. The van der Waals surface area contributed by atoms with E-state index in [1.807, 2.05) is 17.8 Å². The molecule has 0 N–H and O–H groups in total. The third kappa shape index (κ3) is 3.50. The van der Waals surface area contributed by atoms with E-state index in [1.165, 1.54) is 12.1 Å². The third-order valence-electron chi connectivity index (χ3n) is 4.13. The van der Waals surface area contributed by atoms with Gasteiger partial charge in [0.2, 0.25) is 5.95 Å². The molecule has 1 atom stereocenters. The van der Waals surface area contributed by atoms with Gasteiger partial charge in [-0.2, -0.15) is 0 Å². The lowest BCUT2D eigenvalue weighted by molar-refractivity contribution is -0.138. The van der Waals surface area contributed by atoms with Crippen molar-refractivity contribution in [2.45, 2.75) is 13.0 Å². The van der Waals surface area contributed by atoms with E-state index >= 15 is 0 Å². The van der Waals surface area contributed by atoms with Crippen LogP contribution in [-0.2, 0) is 11.8 Å². The number of benzene rings is 1. The average Bonchev–Trinajstić information content (AvgIpc) is 3.00. The highest BCUT2D eigenvalue weighted by atomic mass is 19.1. The van der Waals surface area contributed by atoms with Crippen LogP contribution in [0.25, 0.3) is 0 Å². The number of imidazole rings is 1. The number of amides is 1. The van der Waals surface area contributed by atoms with E-state index in [0.29, 0.717) is 18.8 Å². The average molecular weight is 332 g/mol. The van der Waals surface area contributed by atoms with Gasteiger partial charge in [0.05, 0.1) is 0 Å². The van der Waals surface area contributed by atoms with Gasteiger partial charge in [0, 0.05) is 51.7 Å². The van der Waals surface area contributed by atoms with Gasteiger partial charge in [-0.25, -0.2) is 9.37 Å². The first-order valence-electron chi connectivity index (χ1n) is 7.98. The molecule has 1 saturated heterocycles. The lowest BCUT2D eigenvalue weighted by Gasteiger charge is -2.36. The number of hydrogen-bond donors (Lipinski definition) is 0. The molecule has 3 rings (SSSR count). The summed E-state index contributed by atoms with van der Waals surface area (Å²) in [5.74, 6) is 0.809. The molecule has 1 fully saturated rings. The first kappa shape index (κ1) is 16.3. The number of aryl methyl sites for hydroxylation is 1. The summed E-state index contributed by atoms with van der Waals surface area (Å²) in [4.78, 5) is 20.8. The minimum Gasteiger partial charge on any atom is -0.481 e. The van der Waals surface area contributed by atoms with E-state index < -0.39 is 6.10 Å². The van der Waals surface area contributed by atoms with E-state index in [2.05, 4.69) is 9.88 Å². The van der Waals surface area contributed by atoms with Crippen LogP contribution in [-0.4, -0.2) is 52.6 Å². The molecule has 2 heterocycles. The van der Waals surface area contributed by atoms with Crippen LogP contribution in [0.3, 0.4) is 0 Å². The van der Waals surface area contributed by atoms with Crippen LogP contribution in [0.15, 0.2) is 36.7 Å². The Hall–Kier alpha value is -2.57. The van der Waals surface area contributed by atoms with Crippen LogP contribution in [0.5, 0.6) is 5.75 Å². The fourth-order valence-electron chi connectivity index (χ4n) is 2.84. The smallest absolute Gasteiger partial charge is 0.263 e. The number of carbonyl (C=O) groups is 1. The number of aromatic nitrogens is 2. The van der Waals surface area contributed by atoms with Gasteiger partial charge >= 0.3 is 0 Å². The van der Waals surface area contributed by atoms with Gasteiger partial charge in [0.15, 0.2) is 6.10 Å². The monoisotopic (exact) mass is 332 g/mol. The molecule has 0 unspecified atom stereocenters. The van der Waals surface area contributed by atoms with Crippen molar-refractivity contribution in [1.29, 1.82) is 0 Å². The molecular weight excluding hydrogens is 311 g/mol. The van der Waals surface area contributed by atoms with Crippen molar-refractivity contribution in [3.05, 3.63) is 42.5 Å². The molecule has 0 bridgehead atoms. The zero-order valence-corrected chi connectivity index (χ0v) is 13.9. The number of piperazine rings is 1. The van der Waals surface area contributed by atoms with Gasteiger partial charge in [-0.05, 0) is 19.1 Å². The van der Waals surface area contributed by atoms with E-state index in [0.717, 1.165) is 19.0 Å². The van der Waals surface area contributed by atoms with Crippen LogP contribution in [0.4, 0.5) is 10.3 Å². The van der Waals surface area contributed by atoms with Crippen LogP contribution < -0.4 is 9.64 Å². The normalized spacial score (nSPS) is 16.1. The van der Waals surface area contributed by atoms with Gasteiger partial charge in [0.25, 0.3) is 5.91 Å². The van der Waals surface area contributed by atoms with Crippen LogP contribution in [0.1, 0.15) is 6.92 Å². The molecule has 1 aliphatic heterocycles. The van der Waals surface area contributed by atoms with Crippen molar-refractivity contribution < 1.29 is 13.9 Å². The number of nitrogens with zero attached hydrogens (tertiary/aromatic N) is 4. The Bertz CT molecular complexity index is 710. The highest BCUT2D eigenvalue weighted by Gasteiger charge is 2.27. The Morgan fingerprint density at radius 2 is 2.04 bits per heavy atom. The molecule has 6 nitrogen and oxygen atoms in total. The summed E-state index contributed by atoms with van der Waals surface area (Å²) in [6.07, 6.45) is 3.02. The Kier molecular flexibility index (Phi) is 4.69. The zero-order valence-electron chi connectivity index (χ0n) is 13.9. The topological polar surface area (TPSA) is 50.6 Å². The Labute approximate surface area is 140 Å². The predicted octanol–water partition coefficient (Wildman–Crippen LogP) is 1.68. The molecule has 2 aromatic rings. The Balaban J connectivity index is 1.55. The molecule has 0 saturated carbocycles. The zero-order chi connectivity index (χ0) is 17.1. The first-order valence-corrected chi connectivity index (χ1v) is 7.98. The van der Waals surface area contributed by atoms with Crippen LogP contribution in [0.2, 0.25) is 0 Å². The van der Waals surface area contributed by atoms with Crippen molar-refractivity contribution in [2.24, 2.45) is 7.05 Å². The van der Waals surface area contributed by atoms with Gasteiger partial charge in [-0.1, -0.05) is 6.07 Å². The highest BCUT2D eigenvalue weighted by Crippen LogP contribution is 2.17. The Morgan fingerprint density at radius 3 is 2.67 bits per heavy atom.